The second-order valence-electron chi connectivity index (χ2n) is 6.80. The summed E-state index contributed by atoms with van der Waals surface area (Å²) in [5.41, 5.74) is 3.34. The van der Waals surface area contributed by atoms with E-state index in [1.54, 1.807) is 15.3 Å². The summed E-state index contributed by atoms with van der Waals surface area (Å²) in [7, 11) is 0. The molecule has 0 amide bonds. The Kier molecular flexibility index (Phi) is 5.24. The molecule has 0 unspecified atom stereocenters. The predicted molar refractivity (Wildman–Crippen MR) is 111 cm³/mol. The SMILES string of the molecule is CCCCOc1ccc(-c2cc3c(=O)n(Cc4ccccc4)ccn3n2)cc1. The minimum absolute atomic E-state index is 0.0513. The van der Waals surface area contributed by atoms with Crippen LogP contribution in [0.25, 0.3) is 16.8 Å². The molecule has 2 heterocycles. The van der Waals surface area contributed by atoms with Crippen molar-refractivity contribution in [3.63, 3.8) is 0 Å². The number of hydrogen-bond acceptors (Lipinski definition) is 3. The molecule has 5 nitrogen and oxygen atoms in total. The van der Waals surface area contributed by atoms with Crippen molar-refractivity contribution in [3.8, 4) is 17.0 Å². The van der Waals surface area contributed by atoms with Crippen LogP contribution in [-0.2, 0) is 6.54 Å². The number of unbranched alkanes of at least 4 members (excludes halogenated alkanes) is 1. The summed E-state index contributed by atoms with van der Waals surface area (Å²) in [6.07, 6.45) is 5.76. The molecule has 0 fully saturated rings. The average molecular weight is 373 g/mol. The Hall–Kier alpha value is -3.34. The molecule has 142 valence electrons. The van der Waals surface area contributed by atoms with Crippen LogP contribution in [0.3, 0.4) is 0 Å². The van der Waals surface area contributed by atoms with Crippen LogP contribution in [-0.4, -0.2) is 20.8 Å². The molecule has 0 N–H and O–H groups in total. The van der Waals surface area contributed by atoms with Crippen LogP contribution >= 0.6 is 0 Å². The van der Waals surface area contributed by atoms with Gasteiger partial charge in [0.15, 0.2) is 0 Å². The van der Waals surface area contributed by atoms with Gasteiger partial charge in [-0.05, 0) is 42.3 Å². The fourth-order valence-electron chi connectivity index (χ4n) is 3.13. The van der Waals surface area contributed by atoms with E-state index < -0.39 is 0 Å². The van der Waals surface area contributed by atoms with Crippen LogP contribution in [0.2, 0.25) is 0 Å². The van der Waals surface area contributed by atoms with Gasteiger partial charge < -0.3 is 9.30 Å². The topological polar surface area (TPSA) is 48.5 Å². The molecule has 0 atom stereocenters. The molecule has 4 rings (SSSR count). The Bertz CT molecular complexity index is 1110. The molecule has 0 aliphatic heterocycles. The summed E-state index contributed by atoms with van der Waals surface area (Å²) in [6.45, 7) is 3.41. The highest BCUT2D eigenvalue weighted by atomic mass is 16.5. The number of benzene rings is 2. The van der Waals surface area contributed by atoms with E-state index in [2.05, 4.69) is 12.0 Å². The maximum atomic E-state index is 12.9. The minimum atomic E-state index is -0.0513. The van der Waals surface area contributed by atoms with Crippen LogP contribution < -0.4 is 10.3 Å². The van der Waals surface area contributed by atoms with Crippen molar-refractivity contribution in [3.05, 3.63) is 89.0 Å². The van der Waals surface area contributed by atoms with Crippen molar-refractivity contribution in [2.75, 3.05) is 6.61 Å². The van der Waals surface area contributed by atoms with Crippen molar-refractivity contribution >= 4 is 5.52 Å². The van der Waals surface area contributed by atoms with E-state index in [4.69, 9.17) is 4.74 Å². The van der Waals surface area contributed by atoms with E-state index in [1.807, 2.05) is 66.9 Å². The molecule has 0 spiro atoms. The summed E-state index contributed by atoms with van der Waals surface area (Å²) in [4.78, 5) is 12.9. The van der Waals surface area contributed by atoms with Crippen LogP contribution in [0.15, 0.2) is 77.9 Å². The van der Waals surface area contributed by atoms with Gasteiger partial charge in [-0.2, -0.15) is 5.10 Å². The molecule has 4 aromatic rings. The Labute approximate surface area is 163 Å². The lowest BCUT2D eigenvalue weighted by atomic mass is 10.1. The van der Waals surface area contributed by atoms with Crippen molar-refractivity contribution in [1.82, 2.24) is 14.2 Å². The highest BCUT2D eigenvalue weighted by molar-refractivity contribution is 5.66. The summed E-state index contributed by atoms with van der Waals surface area (Å²) in [6, 6.07) is 19.7. The third kappa shape index (κ3) is 3.83. The smallest absolute Gasteiger partial charge is 0.276 e. The first-order chi connectivity index (χ1) is 13.7. The Morgan fingerprint density at radius 2 is 1.79 bits per heavy atom. The second kappa shape index (κ2) is 8.13. The third-order valence-corrected chi connectivity index (χ3v) is 4.72. The lowest BCUT2D eigenvalue weighted by molar-refractivity contribution is 0.309. The highest BCUT2D eigenvalue weighted by Crippen LogP contribution is 2.22. The molecule has 5 heteroatoms. The Morgan fingerprint density at radius 1 is 1.00 bits per heavy atom. The van der Waals surface area contributed by atoms with Gasteiger partial charge in [0.2, 0.25) is 0 Å². The minimum Gasteiger partial charge on any atom is -0.494 e. The number of aromatic nitrogens is 3. The number of hydrogen-bond donors (Lipinski definition) is 0. The maximum Gasteiger partial charge on any atom is 0.276 e. The summed E-state index contributed by atoms with van der Waals surface area (Å²) < 4.78 is 9.06. The van der Waals surface area contributed by atoms with Crippen molar-refractivity contribution in [2.24, 2.45) is 0 Å². The summed E-state index contributed by atoms with van der Waals surface area (Å²) in [5, 5.41) is 4.56. The number of rotatable bonds is 7. The van der Waals surface area contributed by atoms with Gasteiger partial charge in [-0.15, -0.1) is 0 Å². The zero-order chi connectivity index (χ0) is 19.3. The first-order valence-electron chi connectivity index (χ1n) is 9.60. The predicted octanol–water partition coefficient (Wildman–Crippen LogP) is 4.39. The Morgan fingerprint density at radius 3 is 2.54 bits per heavy atom. The van der Waals surface area contributed by atoms with Crippen molar-refractivity contribution < 1.29 is 4.74 Å². The molecular weight excluding hydrogens is 350 g/mol. The molecule has 2 aromatic carbocycles. The standard InChI is InChI=1S/C23H23N3O2/c1-2-3-15-28-20-11-9-19(10-12-20)21-16-22-23(27)25(13-14-26(22)24-21)17-18-7-5-4-6-8-18/h4-14,16H,2-3,15,17H2,1H3. The molecule has 0 bridgehead atoms. The average Bonchev–Trinajstić information content (AvgIpc) is 3.17. The van der Waals surface area contributed by atoms with Gasteiger partial charge in [-0.1, -0.05) is 43.7 Å². The van der Waals surface area contributed by atoms with Crippen LogP contribution in [0.5, 0.6) is 5.75 Å². The normalized spacial score (nSPS) is 11.0. The Balaban J connectivity index is 1.59. The molecule has 0 saturated carbocycles. The molecule has 0 aliphatic carbocycles. The first kappa shape index (κ1) is 18.0. The van der Waals surface area contributed by atoms with Gasteiger partial charge in [0.1, 0.15) is 11.3 Å². The van der Waals surface area contributed by atoms with Gasteiger partial charge in [0.25, 0.3) is 5.56 Å². The van der Waals surface area contributed by atoms with E-state index >= 15 is 0 Å². The molecule has 0 aliphatic rings. The molecular formula is C23H23N3O2. The monoisotopic (exact) mass is 373 g/mol. The van der Waals surface area contributed by atoms with E-state index in [0.717, 1.165) is 42.0 Å². The number of nitrogens with zero attached hydrogens (tertiary/aromatic N) is 3. The largest absolute Gasteiger partial charge is 0.494 e. The van der Waals surface area contributed by atoms with Gasteiger partial charge in [-0.3, -0.25) is 4.79 Å². The summed E-state index contributed by atoms with van der Waals surface area (Å²) in [5.74, 6) is 0.853. The van der Waals surface area contributed by atoms with E-state index in [9.17, 15) is 4.79 Å². The maximum absolute atomic E-state index is 12.9. The van der Waals surface area contributed by atoms with Gasteiger partial charge in [0.05, 0.1) is 18.8 Å². The number of fused-ring (bicyclic) bond motifs is 1. The molecule has 0 saturated heterocycles. The first-order valence-corrected chi connectivity index (χ1v) is 9.60. The zero-order valence-corrected chi connectivity index (χ0v) is 15.9. The fraction of sp³-hybridized carbons (Fsp3) is 0.217. The van der Waals surface area contributed by atoms with Crippen molar-refractivity contribution in [2.45, 2.75) is 26.3 Å². The van der Waals surface area contributed by atoms with E-state index in [-0.39, 0.29) is 5.56 Å². The van der Waals surface area contributed by atoms with Gasteiger partial charge in [0, 0.05) is 18.0 Å². The molecule has 0 radical (unpaired) electrons. The summed E-state index contributed by atoms with van der Waals surface area (Å²) >= 11 is 0. The molecule has 2 aromatic heterocycles. The lowest BCUT2D eigenvalue weighted by Gasteiger charge is -2.05. The zero-order valence-electron chi connectivity index (χ0n) is 15.9. The second-order valence-corrected chi connectivity index (χ2v) is 6.80. The third-order valence-electron chi connectivity index (χ3n) is 4.72. The van der Waals surface area contributed by atoms with Crippen LogP contribution in [0, 0.1) is 0 Å². The van der Waals surface area contributed by atoms with E-state index in [0.29, 0.717) is 12.1 Å². The van der Waals surface area contributed by atoms with E-state index in [1.165, 1.54) is 0 Å². The van der Waals surface area contributed by atoms with Gasteiger partial charge in [-0.25, -0.2) is 4.52 Å². The van der Waals surface area contributed by atoms with Crippen molar-refractivity contribution in [1.29, 1.82) is 0 Å². The fourth-order valence-corrected chi connectivity index (χ4v) is 3.13. The number of ether oxygens (including phenoxy) is 1. The quantitative estimate of drug-likeness (QED) is 0.452. The van der Waals surface area contributed by atoms with Crippen LogP contribution in [0.1, 0.15) is 25.3 Å². The van der Waals surface area contributed by atoms with Crippen LogP contribution in [0.4, 0.5) is 0 Å². The highest BCUT2D eigenvalue weighted by Gasteiger charge is 2.10. The molecule has 28 heavy (non-hydrogen) atoms. The lowest BCUT2D eigenvalue weighted by Crippen LogP contribution is -2.21. The van der Waals surface area contributed by atoms with Gasteiger partial charge >= 0.3 is 0 Å².